The molecular formula is C15H15NOS. The fourth-order valence-electron chi connectivity index (χ4n) is 1.67. The third-order valence-electron chi connectivity index (χ3n) is 2.66. The number of amides is 1. The van der Waals surface area contributed by atoms with Crippen LogP contribution >= 0.6 is 11.8 Å². The first-order valence-electron chi connectivity index (χ1n) is 5.72. The normalized spacial score (nSPS) is 10.1. The molecular weight excluding hydrogens is 242 g/mol. The second-order valence-corrected chi connectivity index (χ2v) is 4.87. The Hall–Kier alpha value is -1.74. The maximum atomic E-state index is 12.2. The minimum atomic E-state index is -0.0659. The molecule has 2 rings (SSSR count). The number of aryl methyl sites for hydroxylation is 1. The van der Waals surface area contributed by atoms with Crippen LogP contribution in [0, 0.1) is 6.92 Å². The van der Waals surface area contributed by atoms with Gasteiger partial charge in [-0.05, 0) is 37.4 Å². The quantitative estimate of drug-likeness (QED) is 0.843. The van der Waals surface area contributed by atoms with Crippen molar-refractivity contribution in [3.63, 3.8) is 0 Å². The average Bonchev–Trinajstić information content (AvgIpc) is 2.41. The monoisotopic (exact) mass is 257 g/mol. The lowest BCUT2D eigenvalue weighted by Gasteiger charge is -2.08. The lowest BCUT2D eigenvalue weighted by molar-refractivity contribution is 0.102. The van der Waals surface area contributed by atoms with Gasteiger partial charge in [-0.25, -0.2) is 0 Å². The first kappa shape index (κ1) is 12.7. The van der Waals surface area contributed by atoms with Gasteiger partial charge >= 0.3 is 0 Å². The van der Waals surface area contributed by atoms with E-state index in [0.717, 1.165) is 10.6 Å². The fraction of sp³-hybridized carbons (Fsp3) is 0.133. The fourth-order valence-corrected chi connectivity index (χ4v) is 2.26. The van der Waals surface area contributed by atoms with Crippen molar-refractivity contribution in [1.82, 2.24) is 0 Å². The molecule has 2 aromatic rings. The Bertz CT molecular complexity index is 549. The average molecular weight is 257 g/mol. The van der Waals surface area contributed by atoms with Gasteiger partial charge in [0.2, 0.25) is 0 Å². The van der Waals surface area contributed by atoms with Crippen molar-refractivity contribution >= 4 is 23.4 Å². The van der Waals surface area contributed by atoms with Gasteiger partial charge in [-0.1, -0.05) is 29.8 Å². The van der Waals surface area contributed by atoms with E-state index in [9.17, 15) is 4.79 Å². The molecule has 0 spiro atoms. The van der Waals surface area contributed by atoms with E-state index in [-0.39, 0.29) is 5.91 Å². The number of hydrogen-bond donors (Lipinski definition) is 1. The van der Waals surface area contributed by atoms with Gasteiger partial charge in [-0.2, -0.15) is 0 Å². The van der Waals surface area contributed by atoms with Gasteiger partial charge in [0.25, 0.3) is 5.91 Å². The van der Waals surface area contributed by atoms with E-state index in [1.807, 2.05) is 61.7 Å². The van der Waals surface area contributed by atoms with E-state index >= 15 is 0 Å². The minimum absolute atomic E-state index is 0.0659. The number of benzene rings is 2. The number of hydrogen-bond acceptors (Lipinski definition) is 2. The van der Waals surface area contributed by atoms with Crippen molar-refractivity contribution in [2.75, 3.05) is 11.6 Å². The number of thioether (sulfide) groups is 1. The predicted octanol–water partition coefficient (Wildman–Crippen LogP) is 3.97. The molecule has 1 N–H and O–H groups in total. The molecule has 0 atom stereocenters. The SMILES string of the molecule is CSc1ccccc1C(=O)Nc1ccc(C)cc1. The summed E-state index contributed by atoms with van der Waals surface area (Å²) in [4.78, 5) is 13.1. The van der Waals surface area contributed by atoms with Crippen LogP contribution in [0.4, 0.5) is 5.69 Å². The van der Waals surface area contributed by atoms with Crippen molar-refractivity contribution < 1.29 is 4.79 Å². The van der Waals surface area contributed by atoms with Crippen LogP contribution in [-0.4, -0.2) is 12.2 Å². The first-order valence-corrected chi connectivity index (χ1v) is 6.94. The summed E-state index contributed by atoms with van der Waals surface area (Å²) in [7, 11) is 0. The molecule has 0 unspecified atom stereocenters. The lowest BCUT2D eigenvalue weighted by Crippen LogP contribution is -2.12. The molecule has 0 fully saturated rings. The molecule has 3 heteroatoms. The Kier molecular flexibility index (Phi) is 4.05. The maximum absolute atomic E-state index is 12.2. The smallest absolute Gasteiger partial charge is 0.256 e. The van der Waals surface area contributed by atoms with E-state index in [0.29, 0.717) is 5.56 Å². The molecule has 0 aliphatic rings. The van der Waals surface area contributed by atoms with Crippen LogP contribution in [0.1, 0.15) is 15.9 Å². The molecule has 0 saturated carbocycles. The summed E-state index contributed by atoms with van der Waals surface area (Å²) >= 11 is 1.58. The maximum Gasteiger partial charge on any atom is 0.256 e. The summed E-state index contributed by atoms with van der Waals surface area (Å²) in [6.45, 7) is 2.02. The zero-order valence-corrected chi connectivity index (χ0v) is 11.3. The predicted molar refractivity (Wildman–Crippen MR) is 77.4 cm³/mol. The number of carbonyl (C=O) groups is 1. The van der Waals surface area contributed by atoms with E-state index < -0.39 is 0 Å². The second-order valence-electron chi connectivity index (χ2n) is 4.02. The van der Waals surface area contributed by atoms with E-state index in [1.165, 1.54) is 5.56 Å². The summed E-state index contributed by atoms with van der Waals surface area (Å²) in [5.74, 6) is -0.0659. The van der Waals surface area contributed by atoms with Crippen LogP contribution in [0.5, 0.6) is 0 Å². The van der Waals surface area contributed by atoms with E-state index in [2.05, 4.69) is 5.32 Å². The standard InChI is InChI=1S/C15H15NOS/c1-11-7-9-12(10-8-11)16-15(17)13-5-3-4-6-14(13)18-2/h3-10H,1-2H3,(H,16,17). The molecule has 0 heterocycles. The first-order chi connectivity index (χ1) is 8.70. The van der Waals surface area contributed by atoms with Crippen molar-refractivity contribution in [2.24, 2.45) is 0 Å². The third kappa shape index (κ3) is 2.93. The van der Waals surface area contributed by atoms with Gasteiger partial charge in [0, 0.05) is 10.6 Å². The molecule has 2 nitrogen and oxygen atoms in total. The molecule has 1 amide bonds. The Morgan fingerprint density at radius 2 is 1.72 bits per heavy atom. The lowest BCUT2D eigenvalue weighted by atomic mass is 10.2. The van der Waals surface area contributed by atoms with Gasteiger partial charge in [0.1, 0.15) is 0 Å². The highest BCUT2D eigenvalue weighted by molar-refractivity contribution is 7.98. The molecule has 0 radical (unpaired) electrons. The number of rotatable bonds is 3. The Balaban J connectivity index is 2.19. The summed E-state index contributed by atoms with van der Waals surface area (Å²) < 4.78 is 0. The van der Waals surface area contributed by atoms with Crippen LogP contribution in [-0.2, 0) is 0 Å². The summed E-state index contributed by atoms with van der Waals surface area (Å²) in [6.07, 6.45) is 1.97. The molecule has 0 bridgehead atoms. The molecule has 0 aliphatic heterocycles. The van der Waals surface area contributed by atoms with Crippen molar-refractivity contribution in [2.45, 2.75) is 11.8 Å². The van der Waals surface area contributed by atoms with Gasteiger partial charge in [-0.3, -0.25) is 4.79 Å². The third-order valence-corrected chi connectivity index (χ3v) is 3.46. The van der Waals surface area contributed by atoms with Crippen LogP contribution in [0.2, 0.25) is 0 Å². The number of anilines is 1. The van der Waals surface area contributed by atoms with Crippen molar-refractivity contribution in [3.8, 4) is 0 Å². The van der Waals surface area contributed by atoms with Crippen LogP contribution in [0.15, 0.2) is 53.4 Å². The highest BCUT2D eigenvalue weighted by atomic mass is 32.2. The van der Waals surface area contributed by atoms with Crippen molar-refractivity contribution in [3.05, 3.63) is 59.7 Å². The van der Waals surface area contributed by atoms with Crippen LogP contribution < -0.4 is 5.32 Å². The van der Waals surface area contributed by atoms with Crippen molar-refractivity contribution in [1.29, 1.82) is 0 Å². The number of nitrogens with one attached hydrogen (secondary N) is 1. The Labute approximate surface area is 111 Å². The Morgan fingerprint density at radius 1 is 1.06 bits per heavy atom. The highest BCUT2D eigenvalue weighted by Crippen LogP contribution is 2.21. The van der Waals surface area contributed by atoms with Gasteiger partial charge < -0.3 is 5.32 Å². The summed E-state index contributed by atoms with van der Waals surface area (Å²) in [5.41, 5.74) is 2.71. The van der Waals surface area contributed by atoms with E-state index in [1.54, 1.807) is 11.8 Å². The molecule has 92 valence electrons. The summed E-state index contributed by atoms with van der Waals surface area (Å²) in [5, 5.41) is 2.91. The largest absolute Gasteiger partial charge is 0.322 e. The molecule has 2 aromatic carbocycles. The highest BCUT2D eigenvalue weighted by Gasteiger charge is 2.10. The summed E-state index contributed by atoms with van der Waals surface area (Å²) in [6, 6.07) is 15.4. The minimum Gasteiger partial charge on any atom is -0.322 e. The van der Waals surface area contributed by atoms with Gasteiger partial charge in [0.15, 0.2) is 0 Å². The van der Waals surface area contributed by atoms with Crippen LogP contribution in [0.3, 0.4) is 0 Å². The number of carbonyl (C=O) groups excluding carboxylic acids is 1. The Morgan fingerprint density at radius 3 is 2.39 bits per heavy atom. The van der Waals surface area contributed by atoms with Gasteiger partial charge in [-0.15, -0.1) is 11.8 Å². The molecule has 18 heavy (non-hydrogen) atoms. The molecule has 0 aliphatic carbocycles. The topological polar surface area (TPSA) is 29.1 Å². The van der Waals surface area contributed by atoms with Gasteiger partial charge in [0.05, 0.1) is 5.56 Å². The zero-order chi connectivity index (χ0) is 13.0. The molecule has 0 saturated heterocycles. The second kappa shape index (κ2) is 5.74. The molecule has 0 aromatic heterocycles. The van der Waals surface area contributed by atoms with Crippen LogP contribution in [0.25, 0.3) is 0 Å². The zero-order valence-electron chi connectivity index (χ0n) is 10.4. The van der Waals surface area contributed by atoms with E-state index in [4.69, 9.17) is 0 Å².